The van der Waals surface area contributed by atoms with Crippen LogP contribution in [-0.4, -0.2) is 62.0 Å². The maximum absolute atomic E-state index is 11.8. The van der Waals surface area contributed by atoms with E-state index in [0.717, 1.165) is 26.1 Å². The molecule has 1 N–H and O–H groups in total. The molecule has 0 saturated carbocycles. The van der Waals surface area contributed by atoms with Gasteiger partial charge in [0.05, 0.1) is 6.54 Å². The highest BCUT2D eigenvalue weighted by atomic mass is 16.2. The van der Waals surface area contributed by atoms with E-state index in [-0.39, 0.29) is 5.91 Å². The molecular formula is C12H25N3O. The molecule has 0 aromatic rings. The first kappa shape index (κ1) is 13.5. The predicted molar refractivity (Wildman–Crippen MR) is 66.4 cm³/mol. The Bertz CT molecular complexity index is 232. The smallest absolute Gasteiger partial charge is 0.236 e. The maximum Gasteiger partial charge on any atom is 0.236 e. The van der Waals surface area contributed by atoms with E-state index < -0.39 is 0 Å². The van der Waals surface area contributed by atoms with Gasteiger partial charge in [0.1, 0.15) is 0 Å². The molecule has 2 atom stereocenters. The molecule has 0 bridgehead atoms. The highest BCUT2D eigenvalue weighted by molar-refractivity contribution is 5.77. The molecule has 4 heteroatoms. The predicted octanol–water partition coefficient (Wildman–Crippen LogP) is 0.395. The van der Waals surface area contributed by atoms with Crippen LogP contribution in [0.1, 0.15) is 20.3 Å². The molecule has 1 heterocycles. The minimum atomic E-state index is 0.234. The number of amides is 1. The van der Waals surface area contributed by atoms with Gasteiger partial charge in [-0.1, -0.05) is 6.92 Å². The lowest BCUT2D eigenvalue weighted by Crippen LogP contribution is -2.50. The molecule has 1 aliphatic rings. The highest BCUT2D eigenvalue weighted by Gasteiger charge is 2.26. The topological polar surface area (TPSA) is 35.6 Å². The van der Waals surface area contributed by atoms with Gasteiger partial charge in [0, 0.05) is 32.7 Å². The number of hydrogen-bond acceptors (Lipinski definition) is 3. The van der Waals surface area contributed by atoms with Gasteiger partial charge in [-0.15, -0.1) is 0 Å². The van der Waals surface area contributed by atoms with Crippen molar-refractivity contribution in [1.29, 1.82) is 0 Å². The number of hydrogen-bond donors (Lipinski definition) is 1. The largest absolute Gasteiger partial charge is 0.345 e. The normalized spacial score (nSPS) is 26.8. The lowest BCUT2D eigenvalue weighted by molar-refractivity contribution is -0.131. The minimum absolute atomic E-state index is 0.234. The maximum atomic E-state index is 11.8. The van der Waals surface area contributed by atoms with Gasteiger partial charge in [0.2, 0.25) is 5.91 Å². The average molecular weight is 227 g/mol. The zero-order valence-electron chi connectivity index (χ0n) is 11.0. The quantitative estimate of drug-likeness (QED) is 0.755. The number of rotatable bonds is 4. The minimum Gasteiger partial charge on any atom is -0.345 e. The third-order valence-electron chi connectivity index (χ3n) is 3.62. The Morgan fingerprint density at radius 1 is 1.56 bits per heavy atom. The summed E-state index contributed by atoms with van der Waals surface area (Å²) in [6.45, 7) is 7.68. The molecule has 0 aromatic heterocycles. The van der Waals surface area contributed by atoms with Crippen molar-refractivity contribution in [3.8, 4) is 0 Å². The van der Waals surface area contributed by atoms with E-state index in [1.165, 1.54) is 0 Å². The fourth-order valence-corrected chi connectivity index (χ4v) is 2.29. The van der Waals surface area contributed by atoms with Crippen LogP contribution in [-0.2, 0) is 4.79 Å². The molecule has 2 unspecified atom stereocenters. The van der Waals surface area contributed by atoms with E-state index in [1.807, 2.05) is 21.0 Å². The van der Waals surface area contributed by atoms with Crippen LogP contribution in [0, 0.1) is 5.92 Å². The molecule has 0 aliphatic carbocycles. The summed E-state index contributed by atoms with van der Waals surface area (Å²) in [5.41, 5.74) is 0. The monoisotopic (exact) mass is 227 g/mol. The second-order valence-electron chi connectivity index (χ2n) is 4.80. The van der Waals surface area contributed by atoms with Crippen LogP contribution in [0.25, 0.3) is 0 Å². The summed E-state index contributed by atoms with van der Waals surface area (Å²) in [4.78, 5) is 15.8. The van der Waals surface area contributed by atoms with Crippen molar-refractivity contribution in [2.45, 2.75) is 26.3 Å². The van der Waals surface area contributed by atoms with Gasteiger partial charge in [-0.05, 0) is 26.3 Å². The van der Waals surface area contributed by atoms with Gasteiger partial charge in [0.15, 0.2) is 0 Å². The van der Waals surface area contributed by atoms with Crippen molar-refractivity contribution in [2.75, 3.05) is 40.3 Å². The van der Waals surface area contributed by atoms with Crippen LogP contribution in [0.5, 0.6) is 0 Å². The van der Waals surface area contributed by atoms with E-state index >= 15 is 0 Å². The molecule has 4 nitrogen and oxygen atoms in total. The Morgan fingerprint density at radius 2 is 2.25 bits per heavy atom. The molecule has 0 radical (unpaired) electrons. The summed E-state index contributed by atoms with van der Waals surface area (Å²) in [7, 11) is 3.89. The number of carbonyl (C=O) groups excluding carboxylic acids is 1. The molecular weight excluding hydrogens is 202 g/mol. The number of nitrogens with zero attached hydrogens (tertiary/aromatic N) is 2. The third kappa shape index (κ3) is 3.46. The van der Waals surface area contributed by atoms with Crippen LogP contribution in [0.4, 0.5) is 0 Å². The van der Waals surface area contributed by atoms with E-state index in [0.29, 0.717) is 18.5 Å². The van der Waals surface area contributed by atoms with E-state index in [9.17, 15) is 4.79 Å². The van der Waals surface area contributed by atoms with E-state index in [4.69, 9.17) is 0 Å². The first-order chi connectivity index (χ1) is 7.58. The van der Waals surface area contributed by atoms with Crippen molar-refractivity contribution in [1.82, 2.24) is 15.1 Å². The summed E-state index contributed by atoms with van der Waals surface area (Å²) in [6, 6.07) is 0.607. The zero-order chi connectivity index (χ0) is 12.1. The number of piperidine rings is 1. The summed E-state index contributed by atoms with van der Waals surface area (Å²) in [5, 5.41) is 3.34. The van der Waals surface area contributed by atoms with Crippen LogP contribution >= 0.6 is 0 Å². The van der Waals surface area contributed by atoms with Crippen molar-refractivity contribution < 1.29 is 4.79 Å². The number of nitrogens with one attached hydrogen (secondary N) is 1. The van der Waals surface area contributed by atoms with Crippen LogP contribution in [0.2, 0.25) is 0 Å². The van der Waals surface area contributed by atoms with Crippen LogP contribution in [0.15, 0.2) is 0 Å². The van der Waals surface area contributed by atoms with Crippen molar-refractivity contribution in [2.24, 2.45) is 5.92 Å². The lowest BCUT2D eigenvalue weighted by Gasteiger charge is -2.36. The molecule has 1 amide bonds. The van der Waals surface area contributed by atoms with Gasteiger partial charge in [-0.25, -0.2) is 0 Å². The Morgan fingerprint density at radius 3 is 2.75 bits per heavy atom. The standard InChI is InChI=1S/C12H25N3O/c1-5-14(4)12(16)9-15-7-6-11(13-3)10(2)8-15/h10-11,13H,5-9H2,1-4H3. The van der Waals surface area contributed by atoms with E-state index in [2.05, 4.69) is 17.1 Å². The number of carbonyl (C=O) groups is 1. The first-order valence-corrected chi connectivity index (χ1v) is 6.22. The van der Waals surface area contributed by atoms with Gasteiger partial charge >= 0.3 is 0 Å². The first-order valence-electron chi connectivity index (χ1n) is 6.22. The Labute approximate surface area is 99.0 Å². The van der Waals surface area contributed by atoms with Crippen molar-refractivity contribution >= 4 is 5.91 Å². The summed E-state index contributed by atoms with van der Waals surface area (Å²) in [6.07, 6.45) is 1.14. The summed E-state index contributed by atoms with van der Waals surface area (Å²) < 4.78 is 0. The molecule has 0 spiro atoms. The fourth-order valence-electron chi connectivity index (χ4n) is 2.29. The van der Waals surface area contributed by atoms with E-state index in [1.54, 1.807) is 4.90 Å². The lowest BCUT2D eigenvalue weighted by atomic mass is 9.94. The average Bonchev–Trinajstić information content (AvgIpc) is 2.28. The Kier molecular flexibility index (Phi) is 5.22. The van der Waals surface area contributed by atoms with Gasteiger partial charge in [-0.3, -0.25) is 9.69 Å². The molecule has 0 aromatic carbocycles. The second kappa shape index (κ2) is 6.21. The number of likely N-dealkylation sites (tertiary alicyclic amines) is 1. The molecule has 1 rings (SSSR count). The molecule has 94 valence electrons. The molecule has 16 heavy (non-hydrogen) atoms. The van der Waals surface area contributed by atoms with Gasteiger partial charge in [-0.2, -0.15) is 0 Å². The van der Waals surface area contributed by atoms with Crippen LogP contribution < -0.4 is 5.32 Å². The van der Waals surface area contributed by atoms with Crippen molar-refractivity contribution in [3.05, 3.63) is 0 Å². The molecule has 1 fully saturated rings. The molecule has 1 aliphatic heterocycles. The molecule has 1 saturated heterocycles. The van der Waals surface area contributed by atoms with Crippen LogP contribution in [0.3, 0.4) is 0 Å². The number of likely N-dealkylation sites (N-methyl/N-ethyl adjacent to an activating group) is 1. The Hall–Kier alpha value is -0.610. The van der Waals surface area contributed by atoms with Gasteiger partial charge < -0.3 is 10.2 Å². The highest BCUT2D eigenvalue weighted by Crippen LogP contribution is 2.16. The third-order valence-corrected chi connectivity index (χ3v) is 3.62. The SMILES string of the molecule is CCN(C)C(=O)CN1CCC(NC)C(C)C1. The second-order valence-corrected chi connectivity index (χ2v) is 4.80. The zero-order valence-corrected chi connectivity index (χ0v) is 11.0. The summed E-state index contributed by atoms with van der Waals surface area (Å²) in [5.74, 6) is 0.857. The van der Waals surface area contributed by atoms with Gasteiger partial charge in [0.25, 0.3) is 0 Å². The summed E-state index contributed by atoms with van der Waals surface area (Å²) >= 11 is 0. The fraction of sp³-hybridized carbons (Fsp3) is 0.917. The Balaban J connectivity index is 2.38. The van der Waals surface area contributed by atoms with Crippen molar-refractivity contribution in [3.63, 3.8) is 0 Å².